The molecule has 0 spiro atoms. The predicted octanol–water partition coefficient (Wildman–Crippen LogP) is 4.42. The zero-order valence-electron chi connectivity index (χ0n) is 18.4. The summed E-state index contributed by atoms with van der Waals surface area (Å²) in [5.74, 6) is 0. The lowest BCUT2D eigenvalue weighted by Gasteiger charge is -2.27. The van der Waals surface area contributed by atoms with Crippen LogP contribution in [0.1, 0.15) is 23.3 Å². The lowest BCUT2D eigenvalue weighted by atomic mass is 9.98. The Kier molecular flexibility index (Phi) is 5.80. The number of anilines is 2. The second-order valence-electron chi connectivity index (χ2n) is 8.11. The van der Waals surface area contributed by atoms with Crippen molar-refractivity contribution in [2.45, 2.75) is 12.1 Å². The fourth-order valence-corrected chi connectivity index (χ4v) is 5.13. The molecule has 0 aliphatic carbocycles. The van der Waals surface area contributed by atoms with Crippen molar-refractivity contribution in [3.63, 3.8) is 0 Å². The van der Waals surface area contributed by atoms with Crippen LogP contribution in [0.3, 0.4) is 0 Å². The lowest BCUT2D eigenvalue weighted by molar-refractivity contribution is 0.568. The number of nitrogens with one attached hydrogen (secondary N) is 2. The molecule has 0 unspecified atom stereocenters. The smallest absolute Gasteiger partial charge is 0.229 e. The van der Waals surface area contributed by atoms with Gasteiger partial charge in [0.1, 0.15) is 0 Å². The van der Waals surface area contributed by atoms with E-state index in [2.05, 4.69) is 48.9 Å². The van der Waals surface area contributed by atoms with Crippen LogP contribution in [0.15, 0.2) is 97.5 Å². The fourth-order valence-electron chi connectivity index (χ4n) is 4.22. The summed E-state index contributed by atoms with van der Waals surface area (Å²) in [5, 5.41) is 4.02. The van der Waals surface area contributed by atoms with Crippen LogP contribution < -0.4 is 14.9 Å². The Hall–Kier alpha value is -3.69. The van der Waals surface area contributed by atoms with E-state index in [1.54, 1.807) is 18.3 Å². The molecule has 2 aromatic carbocycles. The molecule has 0 saturated carbocycles. The first-order valence-electron chi connectivity index (χ1n) is 10.7. The number of hydrogen-bond acceptors (Lipinski definition) is 4. The van der Waals surface area contributed by atoms with Gasteiger partial charge in [0.05, 0.1) is 24.0 Å². The van der Waals surface area contributed by atoms with Crippen molar-refractivity contribution < 1.29 is 8.42 Å². The molecule has 9 heteroatoms. The van der Waals surface area contributed by atoms with Gasteiger partial charge in [-0.05, 0) is 72.4 Å². The highest BCUT2D eigenvalue weighted by atomic mass is 32.2. The van der Waals surface area contributed by atoms with E-state index in [9.17, 15) is 8.42 Å². The Morgan fingerprint density at radius 3 is 2.35 bits per heavy atom. The first kappa shape index (κ1) is 22.1. The molecule has 3 heterocycles. The van der Waals surface area contributed by atoms with Crippen LogP contribution in [-0.2, 0) is 10.0 Å². The van der Waals surface area contributed by atoms with Gasteiger partial charge in [-0.15, -0.1) is 0 Å². The standard InChI is InChI=1S/C25H23N5O2S2/c1-34(31,32)28-19-10-12-21(13-11-19)30-24(23(27-25(30)33)22-9-5-6-15-26-22)18-14-16-29(17-18)20-7-3-2-4-8-20/h2-17,23-24,28H,1H3,(H,27,33)/t23-,24+/m1/s1. The number of sulfonamides is 1. The summed E-state index contributed by atoms with van der Waals surface area (Å²) in [6, 6.07) is 25.0. The third-order valence-electron chi connectivity index (χ3n) is 5.66. The molecule has 34 heavy (non-hydrogen) atoms. The van der Waals surface area contributed by atoms with Gasteiger partial charge in [0.2, 0.25) is 10.0 Å². The number of pyridine rings is 1. The van der Waals surface area contributed by atoms with Crippen LogP contribution in [-0.4, -0.2) is 29.3 Å². The SMILES string of the molecule is CS(=O)(=O)Nc1ccc(N2C(=S)N[C@H](c3ccccn3)[C@@H]2c2ccn(-c3ccccc3)c2)cc1. The van der Waals surface area contributed by atoms with Crippen LogP contribution in [0, 0.1) is 0 Å². The number of nitrogens with zero attached hydrogens (tertiary/aromatic N) is 3. The number of hydrogen-bond donors (Lipinski definition) is 2. The molecule has 0 amide bonds. The number of para-hydroxylation sites is 1. The molecule has 0 bridgehead atoms. The Labute approximate surface area is 204 Å². The highest BCUT2D eigenvalue weighted by Gasteiger charge is 2.41. The summed E-state index contributed by atoms with van der Waals surface area (Å²) in [6.45, 7) is 0. The summed E-state index contributed by atoms with van der Waals surface area (Å²) >= 11 is 5.77. The third-order valence-corrected chi connectivity index (χ3v) is 6.58. The Morgan fingerprint density at radius 2 is 1.68 bits per heavy atom. The highest BCUT2D eigenvalue weighted by Crippen LogP contribution is 2.42. The van der Waals surface area contributed by atoms with Crippen LogP contribution in [0.2, 0.25) is 0 Å². The first-order valence-corrected chi connectivity index (χ1v) is 13.0. The Bertz CT molecular complexity index is 1400. The number of aromatic nitrogens is 2. The maximum atomic E-state index is 11.6. The average Bonchev–Trinajstić information content (AvgIpc) is 3.44. The van der Waals surface area contributed by atoms with E-state index >= 15 is 0 Å². The number of benzene rings is 2. The van der Waals surface area contributed by atoms with Crippen LogP contribution in [0.25, 0.3) is 5.69 Å². The van der Waals surface area contributed by atoms with Crippen LogP contribution in [0.5, 0.6) is 0 Å². The first-order chi connectivity index (χ1) is 16.4. The minimum Gasteiger partial charge on any atom is -0.351 e. The van der Waals surface area contributed by atoms with Gasteiger partial charge < -0.3 is 14.8 Å². The zero-order valence-corrected chi connectivity index (χ0v) is 20.0. The van der Waals surface area contributed by atoms with E-state index in [-0.39, 0.29) is 12.1 Å². The largest absolute Gasteiger partial charge is 0.351 e. The van der Waals surface area contributed by atoms with Crippen molar-refractivity contribution >= 4 is 38.7 Å². The molecule has 1 aliphatic rings. The van der Waals surface area contributed by atoms with E-state index in [1.807, 2.05) is 54.7 Å². The van der Waals surface area contributed by atoms with Crippen molar-refractivity contribution in [1.82, 2.24) is 14.9 Å². The third kappa shape index (κ3) is 4.52. The number of thiocarbonyl (C=S) groups is 1. The zero-order chi connectivity index (χ0) is 23.7. The molecule has 7 nitrogen and oxygen atoms in total. The van der Waals surface area contributed by atoms with Gasteiger partial charge in [0.25, 0.3) is 0 Å². The maximum absolute atomic E-state index is 11.6. The van der Waals surface area contributed by atoms with E-state index < -0.39 is 10.0 Å². The Morgan fingerprint density at radius 1 is 0.941 bits per heavy atom. The van der Waals surface area contributed by atoms with Gasteiger partial charge in [0.15, 0.2) is 5.11 Å². The van der Waals surface area contributed by atoms with Gasteiger partial charge in [-0.1, -0.05) is 24.3 Å². The second-order valence-corrected chi connectivity index (χ2v) is 10.2. The maximum Gasteiger partial charge on any atom is 0.229 e. The summed E-state index contributed by atoms with van der Waals surface area (Å²) in [7, 11) is -3.35. The molecular weight excluding hydrogens is 466 g/mol. The second kappa shape index (κ2) is 8.92. The summed E-state index contributed by atoms with van der Waals surface area (Å²) in [6.07, 6.45) is 7.06. The van der Waals surface area contributed by atoms with Gasteiger partial charge in [0, 0.05) is 35.7 Å². The highest BCUT2D eigenvalue weighted by molar-refractivity contribution is 7.92. The summed E-state index contributed by atoms with van der Waals surface area (Å²) in [5.41, 5.74) is 4.38. The molecule has 2 atom stereocenters. The minimum atomic E-state index is -3.35. The molecule has 4 aromatic rings. The molecular formula is C25H23N5O2S2. The van der Waals surface area contributed by atoms with Gasteiger partial charge in [-0.25, -0.2) is 8.42 Å². The van der Waals surface area contributed by atoms with Crippen LogP contribution >= 0.6 is 12.2 Å². The summed E-state index contributed by atoms with van der Waals surface area (Å²) < 4.78 is 27.8. The molecule has 2 N–H and O–H groups in total. The summed E-state index contributed by atoms with van der Waals surface area (Å²) in [4.78, 5) is 6.65. The van der Waals surface area contributed by atoms with Gasteiger partial charge in [-0.3, -0.25) is 9.71 Å². The average molecular weight is 490 g/mol. The van der Waals surface area contributed by atoms with Crippen LogP contribution in [0.4, 0.5) is 11.4 Å². The van der Waals surface area contributed by atoms with Crippen molar-refractivity contribution in [2.24, 2.45) is 0 Å². The molecule has 1 fully saturated rings. The van der Waals surface area contributed by atoms with E-state index in [4.69, 9.17) is 12.2 Å². The van der Waals surface area contributed by atoms with Gasteiger partial charge >= 0.3 is 0 Å². The predicted molar refractivity (Wildman–Crippen MR) is 139 cm³/mol. The molecule has 2 aromatic heterocycles. The van der Waals surface area contributed by atoms with E-state index in [1.165, 1.54) is 0 Å². The topological polar surface area (TPSA) is 79.3 Å². The molecule has 0 radical (unpaired) electrons. The molecule has 1 saturated heterocycles. The minimum absolute atomic E-state index is 0.152. The molecule has 1 aliphatic heterocycles. The van der Waals surface area contributed by atoms with E-state index in [0.29, 0.717) is 10.8 Å². The van der Waals surface area contributed by atoms with E-state index in [0.717, 1.165) is 28.9 Å². The molecule has 5 rings (SSSR count). The quantitative estimate of drug-likeness (QED) is 0.391. The van der Waals surface area contributed by atoms with Crippen molar-refractivity contribution in [2.75, 3.05) is 15.9 Å². The lowest BCUT2D eigenvalue weighted by Crippen LogP contribution is -2.29. The molecule has 172 valence electrons. The van der Waals surface area contributed by atoms with Gasteiger partial charge in [-0.2, -0.15) is 0 Å². The van der Waals surface area contributed by atoms with Crippen molar-refractivity contribution in [1.29, 1.82) is 0 Å². The normalized spacial score (nSPS) is 18.0. The Balaban J connectivity index is 1.55. The van der Waals surface area contributed by atoms with Crippen molar-refractivity contribution in [3.8, 4) is 5.69 Å². The fraction of sp³-hybridized carbons (Fsp3) is 0.120. The monoisotopic (exact) mass is 489 g/mol. The number of rotatable bonds is 6. The van der Waals surface area contributed by atoms with Crippen molar-refractivity contribution in [3.05, 3.63) is 109 Å².